The van der Waals surface area contributed by atoms with Crippen LogP contribution < -0.4 is 4.74 Å². The fourth-order valence-corrected chi connectivity index (χ4v) is 2.31. The summed E-state index contributed by atoms with van der Waals surface area (Å²) in [5.41, 5.74) is 2.44. The molecule has 0 saturated heterocycles. The highest BCUT2D eigenvalue weighted by Crippen LogP contribution is 2.29. The van der Waals surface area contributed by atoms with E-state index in [1.54, 1.807) is 0 Å². The van der Waals surface area contributed by atoms with Gasteiger partial charge in [-0.2, -0.15) is 0 Å². The minimum absolute atomic E-state index is 0.0175. The largest absolute Gasteiger partial charge is 0.487 e. The molecule has 1 aromatic carbocycles. The van der Waals surface area contributed by atoms with E-state index in [1.807, 2.05) is 0 Å². The number of hydrogen-bond donors (Lipinski definition) is 1. The van der Waals surface area contributed by atoms with Crippen molar-refractivity contribution in [2.24, 2.45) is 0 Å². The van der Waals surface area contributed by atoms with Crippen LogP contribution in [0.5, 0.6) is 5.75 Å². The first kappa shape index (κ1) is 12.4. The van der Waals surface area contributed by atoms with E-state index in [1.165, 1.54) is 5.56 Å². The van der Waals surface area contributed by atoms with Gasteiger partial charge in [-0.3, -0.25) is 0 Å². The number of aliphatic hydroxyl groups is 1. The third kappa shape index (κ3) is 2.81. The number of rotatable bonds is 3. The van der Waals surface area contributed by atoms with Crippen molar-refractivity contribution in [2.45, 2.75) is 58.2 Å². The molecule has 2 atom stereocenters. The highest BCUT2D eigenvalue weighted by atomic mass is 16.5. The second kappa shape index (κ2) is 5.09. The van der Waals surface area contributed by atoms with Crippen molar-refractivity contribution < 1.29 is 9.84 Å². The van der Waals surface area contributed by atoms with Crippen LogP contribution in [0.25, 0.3) is 0 Å². The smallest absolute Gasteiger partial charge is 0.124 e. The Labute approximate surface area is 104 Å². The topological polar surface area (TPSA) is 29.5 Å². The zero-order valence-electron chi connectivity index (χ0n) is 10.9. The van der Waals surface area contributed by atoms with Gasteiger partial charge in [0.1, 0.15) is 11.9 Å². The number of benzene rings is 1. The molecule has 0 radical (unpaired) electrons. The predicted molar refractivity (Wildman–Crippen MR) is 69.5 cm³/mol. The Morgan fingerprint density at radius 3 is 2.65 bits per heavy atom. The van der Waals surface area contributed by atoms with Gasteiger partial charge in [0.25, 0.3) is 0 Å². The SMILES string of the molecule is Cc1ccc(C(C)C)cc1OC1CCCC1O. The molecule has 1 aliphatic rings. The summed E-state index contributed by atoms with van der Waals surface area (Å²) in [6.07, 6.45) is 2.59. The van der Waals surface area contributed by atoms with Crippen LogP contribution in [0.4, 0.5) is 0 Å². The van der Waals surface area contributed by atoms with Gasteiger partial charge in [0.15, 0.2) is 0 Å². The molecule has 2 unspecified atom stereocenters. The van der Waals surface area contributed by atoms with E-state index in [9.17, 15) is 5.11 Å². The molecule has 0 aromatic heterocycles. The fraction of sp³-hybridized carbons (Fsp3) is 0.600. The van der Waals surface area contributed by atoms with Crippen molar-refractivity contribution in [3.8, 4) is 5.75 Å². The standard InChI is InChI=1S/C15H22O2/c1-10(2)12-8-7-11(3)15(9-12)17-14-6-4-5-13(14)16/h7-10,13-14,16H,4-6H2,1-3H3. The molecule has 2 nitrogen and oxygen atoms in total. The van der Waals surface area contributed by atoms with E-state index in [2.05, 4.69) is 39.0 Å². The highest BCUT2D eigenvalue weighted by molar-refractivity contribution is 5.38. The zero-order chi connectivity index (χ0) is 12.4. The maximum atomic E-state index is 9.79. The summed E-state index contributed by atoms with van der Waals surface area (Å²) in [6, 6.07) is 6.37. The predicted octanol–water partition coefficient (Wildman–Crippen LogP) is 3.41. The normalized spacial score (nSPS) is 24.3. The minimum atomic E-state index is -0.294. The summed E-state index contributed by atoms with van der Waals surface area (Å²) in [5, 5.41) is 9.79. The summed E-state index contributed by atoms with van der Waals surface area (Å²) < 4.78 is 5.96. The lowest BCUT2D eigenvalue weighted by Crippen LogP contribution is -2.25. The Morgan fingerprint density at radius 1 is 1.29 bits per heavy atom. The summed E-state index contributed by atoms with van der Waals surface area (Å²) >= 11 is 0. The molecular formula is C15H22O2. The number of aryl methyl sites for hydroxylation is 1. The first-order valence-corrected chi connectivity index (χ1v) is 6.53. The second-order valence-corrected chi connectivity index (χ2v) is 5.33. The average Bonchev–Trinajstić information content (AvgIpc) is 2.67. The lowest BCUT2D eigenvalue weighted by Gasteiger charge is -2.19. The van der Waals surface area contributed by atoms with E-state index in [-0.39, 0.29) is 12.2 Å². The van der Waals surface area contributed by atoms with E-state index >= 15 is 0 Å². The third-order valence-corrected chi connectivity index (χ3v) is 3.57. The van der Waals surface area contributed by atoms with Gasteiger partial charge in [0.2, 0.25) is 0 Å². The highest BCUT2D eigenvalue weighted by Gasteiger charge is 2.27. The molecule has 1 saturated carbocycles. The van der Waals surface area contributed by atoms with Gasteiger partial charge in [-0.15, -0.1) is 0 Å². The van der Waals surface area contributed by atoms with Crippen molar-refractivity contribution in [3.63, 3.8) is 0 Å². The lowest BCUT2D eigenvalue weighted by atomic mass is 10.0. The minimum Gasteiger partial charge on any atom is -0.487 e. The number of ether oxygens (including phenoxy) is 1. The van der Waals surface area contributed by atoms with Crippen LogP contribution in [-0.4, -0.2) is 17.3 Å². The van der Waals surface area contributed by atoms with E-state index in [4.69, 9.17) is 4.74 Å². The Bertz CT molecular complexity index is 385. The molecule has 2 rings (SSSR count). The van der Waals surface area contributed by atoms with Gasteiger partial charge < -0.3 is 9.84 Å². The number of hydrogen-bond acceptors (Lipinski definition) is 2. The van der Waals surface area contributed by atoms with Crippen molar-refractivity contribution in [2.75, 3.05) is 0 Å². The molecule has 1 fully saturated rings. The lowest BCUT2D eigenvalue weighted by molar-refractivity contribution is 0.0599. The first-order valence-electron chi connectivity index (χ1n) is 6.53. The van der Waals surface area contributed by atoms with Gasteiger partial charge in [0.05, 0.1) is 6.10 Å². The summed E-state index contributed by atoms with van der Waals surface area (Å²) in [4.78, 5) is 0. The molecule has 1 aliphatic carbocycles. The van der Waals surface area contributed by atoms with Crippen molar-refractivity contribution in [3.05, 3.63) is 29.3 Å². The summed E-state index contributed by atoms with van der Waals surface area (Å²) in [7, 11) is 0. The van der Waals surface area contributed by atoms with Crippen molar-refractivity contribution in [1.29, 1.82) is 0 Å². The van der Waals surface area contributed by atoms with Gasteiger partial charge in [0, 0.05) is 0 Å². The van der Waals surface area contributed by atoms with Crippen LogP contribution in [0, 0.1) is 6.92 Å². The zero-order valence-corrected chi connectivity index (χ0v) is 10.9. The molecule has 0 heterocycles. The first-order chi connectivity index (χ1) is 8.08. The second-order valence-electron chi connectivity index (χ2n) is 5.33. The molecule has 94 valence electrons. The molecule has 0 aliphatic heterocycles. The third-order valence-electron chi connectivity index (χ3n) is 3.57. The summed E-state index contributed by atoms with van der Waals surface area (Å²) in [5.74, 6) is 1.44. The maximum absolute atomic E-state index is 9.79. The molecule has 0 amide bonds. The molecule has 1 N–H and O–H groups in total. The van der Waals surface area contributed by atoms with Crippen LogP contribution in [0.3, 0.4) is 0 Å². The number of aliphatic hydroxyl groups excluding tert-OH is 1. The van der Waals surface area contributed by atoms with Gasteiger partial charge in [-0.1, -0.05) is 26.0 Å². The maximum Gasteiger partial charge on any atom is 0.124 e. The van der Waals surface area contributed by atoms with Crippen molar-refractivity contribution in [1.82, 2.24) is 0 Å². The van der Waals surface area contributed by atoms with E-state index < -0.39 is 0 Å². The monoisotopic (exact) mass is 234 g/mol. The Morgan fingerprint density at radius 2 is 2.06 bits per heavy atom. The van der Waals surface area contributed by atoms with Gasteiger partial charge in [-0.05, 0) is 49.3 Å². The average molecular weight is 234 g/mol. The fourth-order valence-electron chi connectivity index (χ4n) is 2.31. The van der Waals surface area contributed by atoms with Crippen LogP contribution >= 0.6 is 0 Å². The van der Waals surface area contributed by atoms with Crippen LogP contribution in [0.15, 0.2) is 18.2 Å². The quantitative estimate of drug-likeness (QED) is 0.868. The molecular weight excluding hydrogens is 212 g/mol. The molecule has 0 bridgehead atoms. The molecule has 17 heavy (non-hydrogen) atoms. The van der Waals surface area contributed by atoms with Gasteiger partial charge >= 0.3 is 0 Å². The van der Waals surface area contributed by atoms with Crippen LogP contribution in [-0.2, 0) is 0 Å². The molecule has 0 spiro atoms. The van der Waals surface area contributed by atoms with Crippen LogP contribution in [0.2, 0.25) is 0 Å². The Kier molecular flexibility index (Phi) is 3.72. The van der Waals surface area contributed by atoms with Crippen LogP contribution in [0.1, 0.15) is 50.2 Å². The molecule has 1 aromatic rings. The Balaban J connectivity index is 2.16. The van der Waals surface area contributed by atoms with E-state index in [0.717, 1.165) is 30.6 Å². The molecule has 2 heteroatoms. The Hall–Kier alpha value is -1.02. The van der Waals surface area contributed by atoms with E-state index in [0.29, 0.717) is 5.92 Å². The summed E-state index contributed by atoms with van der Waals surface area (Å²) in [6.45, 7) is 6.42. The van der Waals surface area contributed by atoms with Gasteiger partial charge in [-0.25, -0.2) is 0 Å². The van der Waals surface area contributed by atoms with Crippen molar-refractivity contribution >= 4 is 0 Å².